The third kappa shape index (κ3) is 5.87. The van der Waals surface area contributed by atoms with Crippen LogP contribution in [0, 0.1) is 0 Å². The van der Waals surface area contributed by atoms with Gasteiger partial charge in [-0.05, 0) is 37.6 Å². The van der Waals surface area contributed by atoms with Crippen molar-refractivity contribution < 1.29 is 4.79 Å². The van der Waals surface area contributed by atoms with E-state index in [0.717, 1.165) is 34.5 Å². The zero-order valence-corrected chi connectivity index (χ0v) is 16.5. The van der Waals surface area contributed by atoms with E-state index in [1.165, 1.54) is 11.1 Å². The van der Waals surface area contributed by atoms with E-state index in [9.17, 15) is 4.79 Å². The molecule has 0 bridgehead atoms. The number of carbonyl (C=O) groups is 1. The normalized spacial score (nSPS) is 16.7. The first-order valence-electron chi connectivity index (χ1n) is 7.26. The summed E-state index contributed by atoms with van der Waals surface area (Å²) in [7, 11) is 0. The molecule has 1 unspecified atom stereocenters. The summed E-state index contributed by atoms with van der Waals surface area (Å²) < 4.78 is 2.21. The minimum atomic E-state index is 0. The van der Waals surface area contributed by atoms with Gasteiger partial charge in [0.2, 0.25) is 5.91 Å². The zero-order chi connectivity index (χ0) is 14.7. The van der Waals surface area contributed by atoms with Gasteiger partial charge in [-0.15, -0.1) is 36.2 Å². The predicted octanol–water partition coefficient (Wildman–Crippen LogP) is 3.70. The fourth-order valence-corrected chi connectivity index (χ4v) is 3.83. The Morgan fingerprint density at radius 1 is 1.43 bits per heavy atom. The molecule has 1 saturated heterocycles. The largest absolute Gasteiger partial charge is 0.355 e. The van der Waals surface area contributed by atoms with Crippen molar-refractivity contribution in [2.24, 2.45) is 0 Å². The quantitative estimate of drug-likeness (QED) is 0.745. The van der Waals surface area contributed by atoms with Crippen LogP contribution in [0.4, 0.5) is 0 Å². The van der Waals surface area contributed by atoms with E-state index in [-0.39, 0.29) is 30.7 Å². The Bertz CT molecular complexity index is 647. The number of hydrogen-bond donors (Lipinski definition) is 2. The fraction of sp³-hybridized carbons (Fsp3) is 0.467. The molecule has 1 fully saturated rings. The number of aryl methyl sites for hydroxylation is 1. The predicted molar refractivity (Wildman–Crippen MR) is 104 cm³/mol. The highest BCUT2D eigenvalue weighted by molar-refractivity contribution is 9.10. The second-order valence-corrected chi connectivity index (χ2v) is 7.35. The molecule has 1 aliphatic rings. The van der Waals surface area contributed by atoms with E-state index in [1.807, 2.05) is 12.1 Å². The van der Waals surface area contributed by atoms with E-state index in [0.29, 0.717) is 18.9 Å². The number of fused-ring (bicyclic) bond motifs is 1. The minimum Gasteiger partial charge on any atom is -0.355 e. The molecule has 1 aliphatic heterocycles. The summed E-state index contributed by atoms with van der Waals surface area (Å²) in [6.45, 7) is 1.81. The first-order valence-corrected chi connectivity index (χ1v) is 8.87. The molecular weight excluding hydrogens is 421 g/mol. The molecule has 0 aliphatic carbocycles. The molecule has 0 saturated carbocycles. The van der Waals surface area contributed by atoms with Gasteiger partial charge < -0.3 is 10.6 Å². The Labute approximate surface area is 160 Å². The Morgan fingerprint density at radius 3 is 3.00 bits per heavy atom. The van der Waals surface area contributed by atoms with Crippen molar-refractivity contribution in [1.29, 1.82) is 0 Å². The molecule has 1 aromatic heterocycles. The number of aromatic nitrogens is 1. The lowest BCUT2D eigenvalue weighted by Gasteiger charge is -2.10. The van der Waals surface area contributed by atoms with Gasteiger partial charge in [-0.3, -0.25) is 4.79 Å². The van der Waals surface area contributed by atoms with Crippen molar-refractivity contribution in [2.75, 3.05) is 13.1 Å². The van der Waals surface area contributed by atoms with Crippen LogP contribution < -0.4 is 10.6 Å². The van der Waals surface area contributed by atoms with Gasteiger partial charge in [0.1, 0.15) is 0 Å². The maximum Gasteiger partial charge on any atom is 0.220 e. The van der Waals surface area contributed by atoms with Gasteiger partial charge >= 0.3 is 0 Å². The van der Waals surface area contributed by atoms with Crippen LogP contribution in [0.3, 0.4) is 0 Å². The lowest BCUT2D eigenvalue weighted by Crippen LogP contribution is -2.37. The molecule has 0 radical (unpaired) electrons. The third-order valence-corrected chi connectivity index (χ3v) is 5.26. The Morgan fingerprint density at radius 2 is 2.26 bits per heavy atom. The lowest BCUT2D eigenvalue weighted by atomic mass is 10.2. The molecule has 1 amide bonds. The molecule has 2 N–H and O–H groups in total. The number of benzene rings is 1. The molecule has 3 rings (SSSR count). The van der Waals surface area contributed by atoms with Crippen molar-refractivity contribution in [2.45, 2.75) is 31.7 Å². The molecule has 1 atom stereocenters. The molecule has 23 heavy (non-hydrogen) atoms. The fourth-order valence-electron chi connectivity index (χ4n) is 2.53. The van der Waals surface area contributed by atoms with Crippen molar-refractivity contribution in [3.05, 3.63) is 27.7 Å². The maximum absolute atomic E-state index is 11.9. The lowest BCUT2D eigenvalue weighted by molar-refractivity contribution is -0.121. The number of carbonyl (C=O) groups excluding carboxylic acids is 1. The third-order valence-electron chi connectivity index (χ3n) is 3.67. The second kappa shape index (κ2) is 9.79. The average Bonchev–Trinajstić information content (AvgIpc) is 3.11. The van der Waals surface area contributed by atoms with E-state index < -0.39 is 0 Å². The van der Waals surface area contributed by atoms with Crippen LogP contribution in [-0.2, 0) is 11.2 Å². The average molecular weight is 441 g/mol. The Hall–Kier alpha value is -0.400. The van der Waals surface area contributed by atoms with Crippen molar-refractivity contribution in [3.8, 4) is 0 Å². The number of amides is 1. The summed E-state index contributed by atoms with van der Waals surface area (Å²) in [6, 6.07) is 6.55. The smallest absolute Gasteiger partial charge is 0.220 e. The molecule has 4 nitrogen and oxygen atoms in total. The van der Waals surface area contributed by atoms with Crippen molar-refractivity contribution >= 4 is 68.2 Å². The van der Waals surface area contributed by atoms with Crippen LogP contribution in [0.2, 0.25) is 0 Å². The molecule has 128 valence electrons. The number of halogens is 3. The summed E-state index contributed by atoms with van der Waals surface area (Å²) >= 11 is 5.12. The van der Waals surface area contributed by atoms with Gasteiger partial charge in [-0.25, -0.2) is 4.98 Å². The number of rotatable bonds is 5. The van der Waals surface area contributed by atoms with E-state index in [2.05, 4.69) is 37.6 Å². The highest BCUT2D eigenvalue weighted by Gasteiger charge is 2.14. The monoisotopic (exact) mass is 439 g/mol. The summed E-state index contributed by atoms with van der Waals surface area (Å²) in [6.07, 6.45) is 3.59. The van der Waals surface area contributed by atoms with Gasteiger partial charge in [-0.2, -0.15) is 0 Å². The molecular formula is C15H20BrCl2N3OS. The zero-order valence-electron chi connectivity index (χ0n) is 12.5. The minimum absolute atomic E-state index is 0. The Kier molecular flexibility index (Phi) is 8.79. The Balaban J connectivity index is 0.00000132. The summed E-state index contributed by atoms with van der Waals surface area (Å²) in [4.78, 5) is 16.5. The number of thiazole rings is 1. The van der Waals surface area contributed by atoms with Gasteiger partial charge in [-0.1, -0.05) is 15.9 Å². The van der Waals surface area contributed by atoms with E-state index in [1.54, 1.807) is 11.3 Å². The highest BCUT2D eigenvalue weighted by Crippen LogP contribution is 2.25. The summed E-state index contributed by atoms with van der Waals surface area (Å²) in [5.74, 6) is 0.115. The SMILES string of the molecule is Cl.Cl.O=C(CCc1nc2cc(Br)ccc2s1)NCC1CCCN1. The topological polar surface area (TPSA) is 54.0 Å². The first-order chi connectivity index (χ1) is 10.2. The van der Waals surface area contributed by atoms with E-state index in [4.69, 9.17) is 0 Å². The van der Waals surface area contributed by atoms with Crippen LogP contribution in [0.1, 0.15) is 24.3 Å². The molecule has 2 heterocycles. The number of nitrogens with one attached hydrogen (secondary N) is 2. The van der Waals surface area contributed by atoms with Crippen molar-refractivity contribution in [1.82, 2.24) is 15.6 Å². The molecule has 2 aromatic rings. The molecule has 1 aromatic carbocycles. The van der Waals surface area contributed by atoms with Crippen LogP contribution >= 0.6 is 52.1 Å². The summed E-state index contributed by atoms with van der Waals surface area (Å²) in [5.41, 5.74) is 1.000. The van der Waals surface area contributed by atoms with Crippen molar-refractivity contribution in [3.63, 3.8) is 0 Å². The second-order valence-electron chi connectivity index (χ2n) is 5.32. The number of hydrogen-bond acceptors (Lipinski definition) is 4. The summed E-state index contributed by atoms with van der Waals surface area (Å²) in [5, 5.41) is 7.41. The molecule has 0 spiro atoms. The van der Waals surface area contributed by atoms with Crippen LogP contribution in [0.5, 0.6) is 0 Å². The molecule has 8 heteroatoms. The van der Waals surface area contributed by atoms with Crippen LogP contribution in [0.15, 0.2) is 22.7 Å². The van der Waals surface area contributed by atoms with Crippen LogP contribution in [-0.4, -0.2) is 30.0 Å². The van der Waals surface area contributed by atoms with Gasteiger partial charge in [0, 0.05) is 29.9 Å². The van der Waals surface area contributed by atoms with Gasteiger partial charge in [0.15, 0.2) is 0 Å². The van der Waals surface area contributed by atoms with Gasteiger partial charge in [0.25, 0.3) is 0 Å². The highest BCUT2D eigenvalue weighted by atomic mass is 79.9. The van der Waals surface area contributed by atoms with Crippen LogP contribution in [0.25, 0.3) is 10.2 Å². The maximum atomic E-state index is 11.9. The van der Waals surface area contributed by atoms with E-state index >= 15 is 0 Å². The van der Waals surface area contributed by atoms with Gasteiger partial charge in [0.05, 0.1) is 15.2 Å². The number of nitrogens with zero attached hydrogens (tertiary/aromatic N) is 1. The first kappa shape index (κ1) is 20.6. The standard InChI is InChI=1S/C15H18BrN3OS.2ClH/c16-10-3-4-13-12(8-10)19-15(21-13)6-5-14(20)18-9-11-2-1-7-17-11;;/h3-4,8,11,17H,1-2,5-7,9H2,(H,18,20);2*1H.